The van der Waals surface area contributed by atoms with Crippen molar-refractivity contribution in [1.29, 1.82) is 0 Å². The molecule has 9 N–H and O–H groups in total. The van der Waals surface area contributed by atoms with Crippen LogP contribution in [-0.2, 0) is 29.5 Å². The zero-order valence-corrected chi connectivity index (χ0v) is 43.3. The van der Waals surface area contributed by atoms with E-state index in [1.807, 2.05) is 43.3 Å². The first-order chi connectivity index (χ1) is 36.4. The Morgan fingerprint density at radius 2 is 1.30 bits per heavy atom. The lowest BCUT2D eigenvalue weighted by atomic mass is 9.77. The Balaban J connectivity index is 0.766. The van der Waals surface area contributed by atoms with E-state index in [4.69, 9.17) is 21.7 Å². The molecule has 20 nitrogen and oxygen atoms in total. The van der Waals surface area contributed by atoms with E-state index in [0.29, 0.717) is 88.6 Å². The first-order valence-electron chi connectivity index (χ1n) is 24.9. The smallest absolute Gasteiger partial charge is 0.340 e. The van der Waals surface area contributed by atoms with Gasteiger partial charge < -0.3 is 61.6 Å². The molecule has 2 heterocycles. The van der Waals surface area contributed by atoms with Crippen molar-refractivity contribution in [2.75, 3.05) is 43.9 Å². The normalized spacial score (nSPS) is 13.5. The number of rotatable bonds is 23. The molecule has 0 aliphatic carbocycles. The number of nitrogens with zero attached hydrogens (tertiary/aromatic N) is 3. The van der Waals surface area contributed by atoms with Crippen LogP contribution in [0.1, 0.15) is 96.2 Å². The standard InChI is InChI=1S/C55H61N9O11S/c1-32(2)49(51(70)60-44(52(71)72)10-7-9-26-56-50(69)33-12-14-34(15-13-33)62-63-35-16-19-37(20-17-35)64(3)4)61-48(68)31-58-47(67)11-6-5-8-27-57-54(76)59-36-18-23-41-40(28-36)53(73)75-55(41)42-24-21-38(65)29-45(42)74-46-30-39(66)22-25-43(46)55/h12-25,28-30,32,44,49,65-66H,5-11,26-27,31H2,1-4H3,(H,56,69)(H,58,67)(H,60,70)(H,61,68)(H,71,72)(H2,57,59,76)/t44-,49+/m0/s1. The summed E-state index contributed by atoms with van der Waals surface area (Å²) in [6.45, 7) is 3.80. The first-order valence-corrected chi connectivity index (χ1v) is 25.3. The number of thiocarbonyl (C=S) groups is 1. The monoisotopic (exact) mass is 1060 g/mol. The Labute approximate surface area is 444 Å². The molecule has 0 saturated carbocycles. The second-order valence-corrected chi connectivity index (χ2v) is 19.3. The molecule has 398 valence electrons. The second kappa shape index (κ2) is 25.1. The van der Waals surface area contributed by atoms with E-state index in [-0.39, 0.29) is 60.7 Å². The lowest BCUT2D eigenvalue weighted by molar-refractivity contribution is -0.142. The summed E-state index contributed by atoms with van der Waals surface area (Å²) in [5, 5.41) is 55.7. The lowest BCUT2D eigenvalue weighted by Crippen LogP contribution is -2.55. The molecule has 2 aliphatic rings. The Bertz CT molecular complexity index is 2950. The van der Waals surface area contributed by atoms with Gasteiger partial charge in [-0.25, -0.2) is 9.59 Å². The van der Waals surface area contributed by atoms with Gasteiger partial charge in [0, 0.05) is 79.4 Å². The van der Waals surface area contributed by atoms with Gasteiger partial charge in [-0.2, -0.15) is 10.2 Å². The number of carbonyl (C=O) groups excluding carboxylic acids is 5. The number of carbonyl (C=O) groups is 6. The highest BCUT2D eigenvalue weighted by Crippen LogP contribution is 2.57. The van der Waals surface area contributed by atoms with Gasteiger partial charge in [0.15, 0.2) is 10.7 Å². The highest BCUT2D eigenvalue weighted by Gasteiger charge is 2.53. The summed E-state index contributed by atoms with van der Waals surface area (Å²) < 4.78 is 12.1. The lowest BCUT2D eigenvalue weighted by Gasteiger charge is -2.36. The van der Waals surface area contributed by atoms with Crippen molar-refractivity contribution in [2.45, 2.75) is 76.5 Å². The van der Waals surface area contributed by atoms with Crippen LogP contribution in [0.25, 0.3) is 0 Å². The van der Waals surface area contributed by atoms with Gasteiger partial charge in [0.25, 0.3) is 5.91 Å². The van der Waals surface area contributed by atoms with Crippen LogP contribution in [-0.4, -0.2) is 102 Å². The van der Waals surface area contributed by atoms with Crippen LogP contribution in [0.2, 0.25) is 0 Å². The number of fused-ring (bicyclic) bond motifs is 6. The molecule has 5 aromatic carbocycles. The number of ether oxygens (including phenoxy) is 2. The van der Waals surface area contributed by atoms with Crippen LogP contribution in [0.4, 0.5) is 22.7 Å². The number of amides is 4. The van der Waals surface area contributed by atoms with E-state index < -0.39 is 47.4 Å². The Hall–Kier alpha value is -8.59. The summed E-state index contributed by atoms with van der Waals surface area (Å²) in [6, 6.07) is 26.2. The van der Waals surface area contributed by atoms with Crippen LogP contribution < -0.4 is 41.5 Å². The number of azo groups is 1. The Kier molecular flexibility index (Phi) is 18.2. The van der Waals surface area contributed by atoms with Gasteiger partial charge in [0.2, 0.25) is 17.7 Å². The fourth-order valence-corrected chi connectivity index (χ4v) is 8.90. The third kappa shape index (κ3) is 13.8. The van der Waals surface area contributed by atoms with Gasteiger partial charge in [-0.1, -0.05) is 26.3 Å². The molecule has 1 spiro atoms. The van der Waals surface area contributed by atoms with Gasteiger partial charge in [-0.15, -0.1) is 0 Å². The van der Waals surface area contributed by atoms with Crippen molar-refractivity contribution in [3.63, 3.8) is 0 Å². The number of hydrogen-bond acceptors (Lipinski definition) is 14. The van der Waals surface area contributed by atoms with Gasteiger partial charge in [0.05, 0.1) is 23.5 Å². The molecule has 0 saturated heterocycles. The molecule has 2 aliphatic heterocycles. The SMILES string of the molecule is CC(C)[C@@H](NC(=O)CNC(=O)CCCCCNC(=S)Nc1ccc2c(c1)C(=O)OC21c2ccc(O)cc2Oc2cc(O)ccc21)C(=O)N[C@@H](CCCCNC(=O)c1ccc(N=Nc2ccc(N(C)C)cc2)cc1)C(=O)O. The number of hydrogen-bond donors (Lipinski definition) is 9. The van der Waals surface area contributed by atoms with Crippen molar-refractivity contribution < 1.29 is 53.6 Å². The Morgan fingerprint density at radius 1 is 0.697 bits per heavy atom. The number of aromatic hydroxyl groups is 2. The number of phenolic OH excluding ortho intramolecular Hbond substituents is 2. The number of aliphatic carboxylic acids is 1. The number of anilines is 2. The summed E-state index contributed by atoms with van der Waals surface area (Å²) in [5.74, 6) is -3.69. The average Bonchev–Trinajstić information content (AvgIpc) is 3.83. The summed E-state index contributed by atoms with van der Waals surface area (Å²) >= 11 is 5.51. The van der Waals surface area contributed by atoms with Gasteiger partial charge >= 0.3 is 11.9 Å². The molecule has 0 fully saturated rings. The number of unbranched alkanes of at least 4 members (excludes halogenated alkanes) is 3. The summed E-state index contributed by atoms with van der Waals surface area (Å²) in [7, 11) is 3.90. The molecule has 0 unspecified atom stereocenters. The zero-order valence-electron chi connectivity index (χ0n) is 42.5. The van der Waals surface area contributed by atoms with Crippen molar-refractivity contribution >= 4 is 75.6 Å². The molecule has 0 bridgehead atoms. The second-order valence-electron chi connectivity index (χ2n) is 18.9. The van der Waals surface area contributed by atoms with E-state index in [1.165, 1.54) is 24.3 Å². The number of carboxylic acid groups (broad SMARTS) is 1. The van der Waals surface area contributed by atoms with Crippen LogP contribution >= 0.6 is 12.2 Å². The minimum Gasteiger partial charge on any atom is -0.508 e. The molecule has 2 atom stereocenters. The number of esters is 1. The topological polar surface area (TPSA) is 282 Å². The maximum atomic E-state index is 13.5. The quantitative estimate of drug-likeness (QED) is 0.0133. The number of benzene rings is 5. The zero-order chi connectivity index (χ0) is 54.5. The van der Waals surface area contributed by atoms with E-state index in [0.717, 1.165) is 5.69 Å². The van der Waals surface area contributed by atoms with Crippen molar-refractivity contribution in [1.82, 2.24) is 26.6 Å². The van der Waals surface area contributed by atoms with Gasteiger partial charge in [0.1, 0.15) is 35.1 Å². The predicted octanol–water partition coefficient (Wildman–Crippen LogP) is 7.42. The fourth-order valence-electron chi connectivity index (χ4n) is 8.68. The summed E-state index contributed by atoms with van der Waals surface area (Å²) in [4.78, 5) is 78.9. The van der Waals surface area contributed by atoms with Crippen LogP contribution in [0, 0.1) is 5.92 Å². The molecular formula is C55H61N9O11S. The van der Waals surface area contributed by atoms with Gasteiger partial charge in [-0.05, 0) is 135 Å². The molecule has 21 heteroatoms. The van der Waals surface area contributed by atoms with E-state index in [1.54, 1.807) is 68.4 Å². The third-order valence-electron chi connectivity index (χ3n) is 12.7. The first kappa shape index (κ1) is 55.2. The van der Waals surface area contributed by atoms with Crippen molar-refractivity contribution in [3.05, 3.63) is 131 Å². The van der Waals surface area contributed by atoms with E-state index in [2.05, 4.69) is 42.1 Å². The summed E-state index contributed by atoms with van der Waals surface area (Å²) in [5.41, 5.74) is 3.76. The minimum absolute atomic E-state index is 0.0432. The summed E-state index contributed by atoms with van der Waals surface area (Å²) in [6.07, 6.45) is 2.92. The number of carboxylic acids is 1. The molecule has 0 radical (unpaired) electrons. The van der Waals surface area contributed by atoms with Crippen molar-refractivity contribution in [3.8, 4) is 23.0 Å². The van der Waals surface area contributed by atoms with Gasteiger partial charge in [-0.3, -0.25) is 19.2 Å². The fraction of sp³-hybridized carbons (Fsp3) is 0.327. The van der Waals surface area contributed by atoms with Crippen molar-refractivity contribution in [2.24, 2.45) is 16.1 Å². The van der Waals surface area contributed by atoms with E-state index in [9.17, 15) is 44.1 Å². The van der Waals surface area contributed by atoms with Crippen LogP contribution in [0.5, 0.6) is 23.0 Å². The maximum Gasteiger partial charge on any atom is 0.340 e. The predicted molar refractivity (Wildman–Crippen MR) is 288 cm³/mol. The number of nitrogens with one attached hydrogen (secondary N) is 6. The highest BCUT2D eigenvalue weighted by atomic mass is 32.1. The molecule has 7 rings (SSSR count). The molecule has 76 heavy (non-hydrogen) atoms. The Morgan fingerprint density at radius 3 is 1.92 bits per heavy atom. The van der Waals surface area contributed by atoms with Crippen LogP contribution in [0.3, 0.4) is 0 Å². The average molecular weight is 1060 g/mol. The molecular weight excluding hydrogens is 995 g/mol. The third-order valence-corrected chi connectivity index (χ3v) is 13.0. The molecule has 4 amide bonds. The maximum absolute atomic E-state index is 13.5. The highest BCUT2D eigenvalue weighted by molar-refractivity contribution is 7.80. The minimum atomic E-state index is -1.39. The van der Waals surface area contributed by atoms with E-state index >= 15 is 0 Å². The molecule has 5 aromatic rings. The largest absolute Gasteiger partial charge is 0.508 e. The molecule has 0 aromatic heterocycles. The van der Waals surface area contributed by atoms with Crippen LogP contribution in [0.15, 0.2) is 113 Å². The number of phenols is 2.